The second-order valence-corrected chi connectivity index (χ2v) is 8.24. The van der Waals surface area contributed by atoms with Crippen LogP contribution in [0.5, 0.6) is 0 Å². The Labute approximate surface area is 165 Å². The zero-order valence-corrected chi connectivity index (χ0v) is 16.5. The fraction of sp³-hybridized carbons (Fsp3) is 0.391. The van der Waals surface area contributed by atoms with Crippen LogP contribution in [0.2, 0.25) is 0 Å². The smallest absolute Gasteiger partial charge is 0.251 e. The van der Waals surface area contributed by atoms with Gasteiger partial charge in [-0.05, 0) is 62.5 Å². The van der Waals surface area contributed by atoms with Gasteiger partial charge in [-0.2, -0.15) is 5.10 Å². The predicted octanol–water partition coefficient (Wildman–Crippen LogP) is 3.37. The lowest BCUT2D eigenvalue weighted by Gasteiger charge is -2.44. The molecule has 3 saturated heterocycles. The molecule has 144 valence electrons. The summed E-state index contributed by atoms with van der Waals surface area (Å²) in [6, 6.07) is 14.4. The van der Waals surface area contributed by atoms with Crippen molar-refractivity contribution in [3.05, 3.63) is 53.6 Å². The van der Waals surface area contributed by atoms with Crippen LogP contribution in [-0.2, 0) is 7.05 Å². The van der Waals surface area contributed by atoms with Crippen molar-refractivity contribution in [2.24, 2.45) is 13.0 Å². The summed E-state index contributed by atoms with van der Waals surface area (Å²) in [6.45, 7) is 5.45. The predicted molar refractivity (Wildman–Crippen MR) is 111 cm³/mol. The molecule has 3 aromatic rings. The number of aryl methyl sites for hydroxylation is 2. The van der Waals surface area contributed by atoms with Crippen LogP contribution in [0, 0.1) is 12.8 Å². The molecule has 2 bridgehead atoms. The fourth-order valence-corrected chi connectivity index (χ4v) is 4.87. The van der Waals surface area contributed by atoms with Gasteiger partial charge in [0.05, 0.1) is 5.52 Å². The van der Waals surface area contributed by atoms with E-state index >= 15 is 0 Å². The van der Waals surface area contributed by atoms with Crippen LogP contribution in [-0.4, -0.2) is 46.3 Å². The number of aromatic nitrogens is 2. The number of amides is 1. The largest absolute Gasteiger partial charge is 0.348 e. The van der Waals surface area contributed by atoms with Crippen LogP contribution >= 0.6 is 0 Å². The van der Waals surface area contributed by atoms with Gasteiger partial charge in [0.25, 0.3) is 5.91 Å². The lowest BCUT2D eigenvalue weighted by atomic mass is 9.84. The Morgan fingerprint density at radius 2 is 1.93 bits per heavy atom. The monoisotopic (exact) mass is 374 g/mol. The first-order valence-electron chi connectivity index (χ1n) is 10.2. The minimum absolute atomic E-state index is 0.0255. The summed E-state index contributed by atoms with van der Waals surface area (Å²) in [5.41, 5.74) is 4.94. The zero-order chi connectivity index (χ0) is 19.3. The van der Waals surface area contributed by atoms with Crippen LogP contribution in [0.25, 0.3) is 22.2 Å². The third-order valence-electron chi connectivity index (χ3n) is 6.46. The number of benzene rings is 2. The van der Waals surface area contributed by atoms with E-state index in [1.807, 2.05) is 36.0 Å². The Kier molecular flexibility index (Phi) is 4.20. The van der Waals surface area contributed by atoms with Gasteiger partial charge < -0.3 is 10.2 Å². The highest BCUT2D eigenvalue weighted by atomic mass is 16.1. The molecular weight excluding hydrogens is 348 g/mol. The zero-order valence-electron chi connectivity index (χ0n) is 16.5. The Balaban J connectivity index is 1.45. The maximum Gasteiger partial charge on any atom is 0.251 e. The van der Waals surface area contributed by atoms with Crippen molar-refractivity contribution in [2.75, 3.05) is 19.6 Å². The number of nitrogens with one attached hydrogen (secondary N) is 1. The van der Waals surface area contributed by atoms with Crippen LogP contribution in [0.3, 0.4) is 0 Å². The highest BCUT2D eigenvalue weighted by Crippen LogP contribution is 2.31. The molecule has 5 nitrogen and oxygen atoms in total. The van der Waals surface area contributed by atoms with E-state index in [4.69, 9.17) is 5.10 Å². The van der Waals surface area contributed by atoms with Gasteiger partial charge >= 0.3 is 0 Å². The minimum Gasteiger partial charge on any atom is -0.348 e. The van der Waals surface area contributed by atoms with Crippen molar-refractivity contribution in [1.29, 1.82) is 0 Å². The molecule has 1 N–H and O–H groups in total. The number of nitrogens with zero attached hydrogens (tertiary/aromatic N) is 3. The summed E-state index contributed by atoms with van der Waals surface area (Å²) in [5, 5.41) is 9.19. The van der Waals surface area contributed by atoms with E-state index in [2.05, 4.69) is 35.3 Å². The molecule has 1 aromatic heterocycles. The van der Waals surface area contributed by atoms with Gasteiger partial charge in [-0.15, -0.1) is 0 Å². The molecule has 0 aliphatic carbocycles. The molecule has 3 aliphatic rings. The summed E-state index contributed by atoms with van der Waals surface area (Å²) in [6.07, 6.45) is 2.40. The topological polar surface area (TPSA) is 50.2 Å². The van der Waals surface area contributed by atoms with Gasteiger partial charge in [-0.25, -0.2) is 0 Å². The normalized spacial score (nSPS) is 23.9. The summed E-state index contributed by atoms with van der Waals surface area (Å²) < 4.78 is 1.91. The average molecular weight is 374 g/mol. The summed E-state index contributed by atoms with van der Waals surface area (Å²) in [7, 11) is 1.97. The SMILES string of the molecule is Cc1cccc2c1c(-c1cccc(C(=O)N[C@@H]3CN4CCC3CC4)c1)nn2C. The summed E-state index contributed by atoms with van der Waals surface area (Å²) in [5.74, 6) is 0.650. The van der Waals surface area contributed by atoms with Crippen LogP contribution < -0.4 is 5.32 Å². The maximum absolute atomic E-state index is 13.0. The van der Waals surface area contributed by atoms with E-state index in [1.54, 1.807) is 0 Å². The molecule has 4 heterocycles. The van der Waals surface area contributed by atoms with E-state index in [9.17, 15) is 4.79 Å². The van der Waals surface area contributed by atoms with Gasteiger partial charge in [0.1, 0.15) is 5.69 Å². The molecule has 0 spiro atoms. The molecule has 3 fully saturated rings. The van der Waals surface area contributed by atoms with Crippen molar-refractivity contribution < 1.29 is 4.79 Å². The Morgan fingerprint density at radius 1 is 1.14 bits per heavy atom. The molecular formula is C23H26N4O. The van der Waals surface area contributed by atoms with E-state index in [-0.39, 0.29) is 11.9 Å². The van der Waals surface area contributed by atoms with Crippen molar-refractivity contribution >= 4 is 16.8 Å². The van der Waals surface area contributed by atoms with E-state index < -0.39 is 0 Å². The molecule has 0 radical (unpaired) electrons. The minimum atomic E-state index is 0.0255. The number of carbonyl (C=O) groups is 1. The van der Waals surface area contributed by atoms with Crippen molar-refractivity contribution in [3.8, 4) is 11.3 Å². The molecule has 1 amide bonds. The lowest BCUT2D eigenvalue weighted by molar-refractivity contribution is 0.0620. The highest BCUT2D eigenvalue weighted by Gasteiger charge is 2.35. The van der Waals surface area contributed by atoms with Gasteiger partial charge in [-0.1, -0.05) is 24.3 Å². The number of carbonyl (C=O) groups excluding carboxylic acids is 1. The van der Waals surface area contributed by atoms with Crippen molar-refractivity contribution in [1.82, 2.24) is 20.0 Å². The standard InChI is InChI=1S/C23H26N4O/c1-15-5-3-8-20-21(15)22(25-26(20)2)17-6-4-7-18(13-17)23(28)24-19-14-27-11-9-16(19)10-12-27/h3-8,13,16,19H,9-12,14H2,1-2H3,(H,24,28)/t19-/m1/s1. The van der Waals surface area contributed by atoms with Gasteiger partial charge in [-0.3, -0.25) is 9.48 Å². The lowest BCUT2D eigenvalue weighted by Crippen LogP contribution is -2.57. The maximum atomic E-state index is 13.0. The molecule has 0 saturated carbocycles. The van der Waals surface area contributed by atoms with E-state index in [0.717, 1.165) is 28.7 Å². The molecule has 2 aromatic carbocycles. The second kappa shape index (κ2) is 6.74. The third-order valence-corrected chi connectivity index (χ3v) is 6.46. The van der Waals surface area contributed by atoms with Gasteiger partial charge in [0.2, 0.25) is 0 Å². The molecule has 0 unspecified atom stereocenters. The Morgan fingerprint density at radius 3 is 2.68 bits per heavy atom. The second-order valence-electron chi connectivity index (χ2n) is 8.24. The summed E-state index contributed by atoms with van der Waals surface area (Å²) in [4.78, 5) is 15.4. The Hall–Kier alpha value is -2.66. The first-order chi connectivity index (χ1) is 13.6. The molecule has 28 heavy (non-hydrogen) atoms. The first-order valence-corrected chi connectivity index (χ1v) is 10.2. The summed E-state index contributed by atoms with van der Waals surface area (Å²) >= 11 is 0. The van der Waals surface area contributed by atoms with E-state index in [0.29, 0.717) is 11.5 Å². The van der Waals surface area contributed by atoms with Crippen LogP contribution in [0.15, 0.2) is 42.5 Å². The average Bonchev–Trinajstić information content (AvgIpc) is 3.07. The highest BCUT2D eigenvalue weighted by molar-refractivity contribution is 5.99. The van der Waals surface area contributed by atoms with E-state index in [1.165, 1.54) is 31.5 Å². The molecule has 6 rings (SSSR count). The fourth-order valence-electron chi connectivity index (χ4n) is 4.87. The first kappa shape index (κ1) is 17.4. The molecule has 1 atom stereocenters. The number of hydrogen-bond acceptors (Lipinski definition) is 3. The van der Waals surface area contributed by atoms with Gasteiger partial charge in [0, 0.05) is 36.1 Å². The number of hydrogen-bond donors (Lipinski definition) is 1. The number of rotatable bonds is 3. The van der Waals surface area contributed by atoms with Crippen molar-refractivity contribution in [2.45, 2.75) is 25.8 Å². The van der Waals surface area contributed by atoms with Crippen LogP contribution in [0.4, 0.5) is 0 Å². The molecule has 5 heteroatoms. The number of piperidine rings is 3. The van der Waals surface area contributed by atoms with Gasteiger partial charge in [0.15, 0.2) is 0 Å². The van der Waals surface area contributed by atoms with Crippen molar-refractivity contribution in [3.63, 3.8) is 0 Å². The third kappa shape index (κ3) is 2.90. The quantitative estimate of drug-likeness (QED) is 0.765. The molecule has 3 aliphatic heterocycles. The Bertz CT molecular complexity index is 1050. The number of fused-ring (bicyclic) bond motifs is 4. The van der Waals surface area contributed by atoms with Crippen LogP contribution in [0.1, 0.15) is 28.8 Å².